The Morgan fingerprint density at radius 2 is 1.85 bits per heavy atom. The molecule has 2 bridgehead atoms. The molecule has 1 saturated heterocycles. The lowest BCUT2D eigenvalue weighted by atomic mass is 9.47. The summed E-state index contributed by atoms with van der Waals surface area (Å²) in [7, 11) is 1.55. The Balaban J connectivity index is 2.31. The number of nitrogens with zero attached hydrogens (tertiary/aromatic N) is 3. The maximum absolute atomic E-state index is 12.8. The van der Waals surface area contributed by atoms with E-state index in [0.29, 0.717) is 17.7 Å². The number of hydrogen-bond donors (Lipinski definition) is 2. The average molecular weight is 363 g/mol. The fraction of sp³-hybridized carbons (Fsp3) is 0.500. The highest BCUT2D eigenvalue weighted by Gasteiger charge is 2.76. The fourth-order valence-electron chi connectivity index (χ4n) is 4.85. The van der Waals surface area contributed by atoms with Crippen LogP contribution < -0.4 is 15.8 Å². The lowest BCUT2D eigenvalue weighted by Gasteiger charge is -2.50. The molecule has 138 valence electrons. The second-order valence-electron chi connectivity index (χ2n) is 7.37. The van der Waals surface area contributed by atoms with E-state index < -0.39 is 28.3 Å². The zero-order chi connectivity index (χ0) is 19.9. The summed E-state index contributed by atoms with van der Waals surface area (Å²) in [6.45, 7) is 1.98. The van der Waals surface area contributed by atoms with Crippen LogP contribution in [0.5, 0.6) is 5.75 Å². The van der Waals surface area contributed by atoms with Crippen LogP contribution >= 0.6 is 0 Å². The second kappa shape index (κ2) is 6.27. The van der Waals surface area contributed by atoms with E-state index in [-0.39, 0.29) is 12.3 Å². The van der Waals surface area contributed by atoms with E-state index in [1.807, 2.05) is 13.0 Å². The first-order valence-corrected chi connectivity index (χ1v) is 8.87. The Morgan fingerprint density at radius 1 is 1.22 bits per heavy atom. The molecule has 1 aromatic carbocycles. The summed E-state index contributed by atoms with van der Waals surface area (Å²) in [5, 5.41) is 32.9. The Morgan fingerprint density at radius 3 is 2.33 bits per heavy atom. The number of carbonyl (C=O) groups is 1. The summed E-state index contributed by atoms with van der Waals surface area (Å²) in [6.07, 6.45) is 1.33. The quantitative estimate of drug-likeness (QED) is 0.839. The van der Waals surface area contributed by atoms with Crippen LogP contribution in [0.4, 0.5) is 0 Å². The van der Waals surface area contributed by atoms with Gasteiger partial charge in [-0.1, -0.05) is 25.5 Å². The van der Waals surface area contributed by atoms with Crippen molar-refractivity contribution in [2.45, 2.75) is 37.8 Å². The van der Waals surface area contributed by atoms with Crippen molar-refractivity contribution in [1.82, 2.24) is 5.32 Å². The molecule has 3 rings (SSSR count). The monoisotopic (exact) mass is 363 g/mol. The van der Waals surface area contributed by atoms with Gasteiger partial charge in [0.25, 0.3) is 0 Å². The first kappa shape index (κ1) is 18.7. The van der Waals surface area contributed by atoms with Gasteiger partial charge in [0.05, 0.1) is 31.0 Å². The minimum atomic E-state index is -1.83. The third-order valence-corrected chi connectivity index (χ3v) is 6.11. The molecule has 1 saturated carbocycles. The van der Waals surface area contributed by atoms with E-state index in [1.165, 1.54) is 0 Å². The van der Waals surface area contributed by atoms with Crippen molar-refractivity contribution in [1.29, 1.82) is 15.8 Å². The van der Waals surface area contributed by atoms with Crippen molar-refractivity contribution in [2.24, 2.45) is 22.5 Å². The average Bonchev–Trinajstić information content (AvgIpc) is 2.94. The molecule has 1 aromatic rings. The van der Waals surface area contributed by atoms with Gasteiger partial charge in [-0.15, -0.1) is 0 Å². The molecule has 0 unspecified atom stereocenters. The standard InChI is InChI=1S/C20H21N5O2/c1-3-4-15-16(13-5-7-14(27-2)8-6-13)19(11-22,12-23)18(10-21)9-20(15,24)25-17(18)26/h5-8,15-16H,3-4,9,24H2,1-2H3,(H,25,26)/t15-,16-,18-,20+/m0/s1. The third kappa shape index (κ3) is 2.24. The minimum absolute atomic E-state index is 0.0478. The van der Waals surface area contributed by atoms with E-state index >= 15 is 0 Å². The molecule has 1 heterocycles. The number of ether oxygens (including phenoxy) is 1. The molecule has 0 spiro atoms. The normalized spacial score (nSPS) is 33.3. The Labute approximate surface area is 158 Å². The highest BCUT2D eigenvalue weighted by atomic mass is 16.5. The Kier molecular flexibility index (Phi) is 4.34. The SMILES string of the molecule is CCC[C@H]1[C@H](c2ccc(OC)cc2)C(C#N)(C#N)[C@]2(C#N)C[C@@]1(N)NC2=O. The van der Waals surface area contributed by atoms with E-state index in [2.05, 4.69) is 17.5 Å². The number of amides is 1. The number of benzene rings is 1. The van der Waals surface area contributed by atoms with Gasteiger partial charge in [0.15, 0.2) is 10.8 Å². The molecule has 1 aliphatic carbocycles. The molecule has 1 amide bonds. The zero-order valence-corrected chi connectivity index (χ0v) is 15.3. The van der Waals surface area contributed by atoms with Crippen LogP contribution in [0.2, 0.25) is 0 Å². The molecule has 7 heteroatoms. The van der Waals surface area contributed by atoms with Crippen LogP contribution in [-0.2, 0) is 4.79 Å². The van der Waals surface area contributed by atoms with Crippen molar-refractivity contribution in [3.63, 3.8) is 0 Å². The van der Waals surface area contributed by atoms with Crippen LogP contribution in [-0.4, -0.2) is 18.7 Å². The van der Waals surface area contributed by atoms with E-state index in [4.69, 9.17) is 10.5 Å². The number of carbonyl (C=O) groups excluding carboxylic acids is 1. The number of nitrogens with one attached hydrogen (secondary N) is 1. The van der Waals surface area contributed by atoms with Gasteiger partial charge in [-0.3, -0.25) is 4.79 Å². The summed E-state index contributed by atoms with van der Waals surface area (Å²) in [5.41, 5.74) is 2.49. The number of hydrogen-bond acceptors (Lipinski definition) is 6. The van der Waals surface area contributed by atoms with Crippen LogP contribution in [0.25, 0.3) is 0 Å². The van der Waals surface area contributed by atoms with Crippen molar-refractivity contribution in [3.8, 4) is 24.0 Å². The van der Waals surface area contributed by atoms with Crippen molar-refractivity contribution < 1.29 is 9.53 Å². The molecular formula is C20H21N5O2. The van der Waals surface area contributed by atoms with Crippen LogP contribution in [0.1, 0.15) is 37.7 Å². The van der Waals surface area contributed by atoms with Crippen LogP contribution in [0.15, 0.2) is 24.3 Å². The minimum Gasteiger partial charge on any atom is -0.497 e. The van der Waals surface area contributed by atoms with E-state index in [9.17, 15) is 20.6 Å². The van der Waals surface area contributed by atoms with Gasteiger partial charge in [0, 0.05) is 18.3 Å². The molecule has 1 aliphatic heterocycles. The van der Waals surface area contributed by atoms with Gasteiger partial charge in [-0.05, 0) is 24.1 Å². The van der Waals surface area contributed by atoms with Gasteiger partial charge in [0.2, 0.25) is 5.91 Å². The Hall–Kier alpha value is -3.08. The zero-order valence-electron chi connectivity index (χ0n) is 15.3. The first-order valence-electron chi connectivity index (χ1n) is 8.87. The topological polar surface area (TPSA) is 136 Å². The predicted molar refractivity (Wildman–Crippen MR) is 95.5 cm³/mol. The summed E-state index contributed by atoms with van der Waals surface area (Å²) in [5.74, 6) is -1.04. The molecule has 4 atom stereocenters. The van der Waals surface area contributed by atoms with Gasteiger partial charge in [-0.2, -0.15) is 15.8 Å². The number of rotatable bonds is 4. The molecule has 0 radical (unpaired) electrons. The fourth-order valence-corrected chi connectivity index (χ4v) is 4.85. The summed E-state index contributed by atoms with van der Waals surface area (Å²) in [6, 6.07) is 13.2. The molecule has 0 aromatic heterocycles. The molecular weight excluding hydrogens is 342 g/mol. The van der Waals surface area contributed by atoms with E-state index in [0.717, 1.165) is 6.42 Å². The van der Waals surface area contributed by atoms with Gasteiger partial charge >= 0.3 is 0 Å². The van der Waals surface area contributed by atoms with Gasteiger partial charge in [0.1, 0.15) is 5.75 Å². The van der Waals surface area contributed by atoms with Crippen molar-refractivity contribution in [2.75, 3.05) is 7.11 Å². The van der Waals surface area contributed by atoms with Gasteiger partial charge < -0.3 is 15.8 Å². The van der Waals surface area contributed by atoms with E-state index in [1.54, 1.807) is 31.4 Å². The lowest BCUT2D eigenvalue weighted by Crippen LogP contribution is -2.62. The Bertz CT molecular complexity index is 877. The van der Waals surface area contributed by atoms with Gasteiger partial charge in [-0.25, -0.2) is 0 Å². The van der Waals surface area contributed by atoms with Crippen LogP contribution in [0, 0.1) is 50.7 Å². The summed E-state index contributed by atoms with van der Waals surface area (Å²) >= 11 is 0. The highest BCUT2D eigenvalue weighted by molar-refractivity contribution is 5.92. The first-order chi connectivity index (χ1) is 12.9. The maximum atomic E-state index is 12.8. The van der Waals surface area contributed by atoms with Crippen LogP contribution in [0.3, 0.4) is 0 Å². The summed E-state index contributed by atoms with van der Waals surface area (Å²) in [4.78, 5) is 12.8. The molecule has 27 heavy (non-hydrogen) atoms. The second-order valence-corrected chi connectivity index (χ2v) is 7.37. The number of nitrogens with two attached hydrogens (primary N) is 1. The predicted octanol–water partition coefficient (Wildman–Crippen LogP) is 1.93. The van der Waals surface area contributed by atoms with Crippen molar-refractivity contribution in [3.05, 3.63) is 29.8 Å². The number of fused-ring (bicyclic) bond motifs is 2. The molecule has 7 nitrogen and oxygen atoms in total. The highest BCUT2D eigenvalue weighted by Crippen LogP contribution is 2.64. The third-order valence-electron chi connectivity index (χ3n) is 6.11. The summed E-state index contributed by atoms with van der Waals surface area (Å²) < 4.78 is 5.19. The lowest BCUT2D eigenvalue weighted by molar-refractivity contribution is -0.128. The number of methoxy groups -OCH3 is 1. The molecule has 3 N–H and O–H groups in total. The smallest absolute Gasteiger partial charge is 0.244 e. The largest absolute Gasteiger partial charge is 0.497 e. The van der Waals surface area contributed by atoms with Crippen molar-refractivity contribution >= 4 is 5.91 Å². The molecule has 2 aliphatic rings. The number of nitriles is 3. The molecule has 2 fully saturated rings. The maximum Gasteiger partial charge on any atom is 0.244 e.